The highest BCUT2D eigenvalue weighted by Gasteiger charge is 2.59. The number of fused-ring (bicyclic) bond motifs is 6. The Morgan fingerprint density at radius 3 is 1.66 bits per heavy atom. The van der Waals surface area contributed by atoms with Gasteiger partial charge in [0.15, 0.2) is 28.9 Å². The van der Waals surface area contributed by atoms with Crippen LogP contribution in [-0.2, 0) is 10.3 Å². The highest BCUT2D eigenvalue weighted by molar-refractivity contribution is 7.01. The van der Waals surface area contributed by atoms with Gasteiger partial charge in [0.2, 0.25) is 0 Å². The van der Waals surface area contributed by atoms with Crippen LogP contribution in [0.25, 0.3) is 0 Å². The minimum absolute atomic E-state index is 0.432. The van der Waals surface area contributed by atoms with E-state index >= 15 is 4.39 Å². The van der Waals surface area contributed by atoms with Crippen molar-refractivity contribution in [3.8, 4) is 0 Å². The first kappa shape index (κ1) is 23.4. The first-order valence-corrected chi connectivity index (χ1v) is 14.1. The fraction of sp³-hybridized carbons (Fsp3) is 0.269. The predicted molar refractivity (Wildman–Crippen MR) is 130 cm³/mol. The van der Waals surface area contributed by atoms with Crippen LogP contribution >= 0.6 is 0 Å². The molecular weight excluding hydrogens is 476 g/mol. The predicted octanol–water partition coefficient (Wildman–Crippen LogP) is 3.97. The van der Waals surface area contributed by atoms with Crippen LogP contribution in [0.2, 0.25) is 13.1 Å². The summed E-state index contributed by atoms with van der Waals surface area (Å²) in [7, 11) is 5.01. The molecule has 0 saturated heterocycles. The summed E-state index contributed by atoms with van der Waals surface area (Å²) in [6.45, 7) is 4.24. The Morgan fingerprint density at radius 2 is 1.20 bits per heavy atom. The van der Waals surface area contributed by atoms with Gasteiger partial charge < -0.3 is 14.5 Å². The van der Waals surface area contributed by atoms with Gasteiger partial charge in [0.05, 0.1) is 5.56 Å². The average molecular weight is 501 g/mol. The van der Waals surface area contributed by atoms with Crippen molar-refractivity contribution in [2.24, 2.45) is 0 Å². The number of halogens is 4. The van der Waals surface area contributed by atoms with E-state index in [1.165, 1.54) is 0 Å². The number of benzene rings is 3. The van der Waals surface area contributed by atoms with E-state index in [4.69, 9.17) is 4.74 Å². The quantitative estimate of drug-likeness (QED) is 0.175. The van der Waals surface area contributed by atoms with Gasteiger partial charge in [-0.1, -0.05) is 25.2 Å². The number of carbonyl (C=O) groups excluding carboxylic acids is 1. The van der Waals surface area contributed by atoms with Crippen LogP contribution in [0.4, 0.5) is 28.9 Å². The molecule has 2 heterocycles. The highest BCUT2D eigenvalue weighted by Crippen LogP contribution is 2.51. The van der Waals surface area contributed by atoms with E-state index in [2.05, 4.69) is 13.1 Å². The van der Waals surface area contributed by atoms with Gasteiger partial charge >= 0.3 is 5.97 Å². The summed E-state index contributed by atoms with van der Waals surface area (Å²) in [5.41, 5.74) is -0.882. The molecule has 4 nitrogen and oxygen atoms in total. The van der Waals surface area contributed by atoms with Crippen LogP contribution in [0.3, 0.4) is 0 Å². The summed E-state index contributed by atoms with van der Waals surface area (Å²) in [6.07, 6.45) is 0. The molecule has 182 valence electrons. The van der Waals surface area contributed by atoms with Gasteiger partial charge in [-0.2, -0.15) is 0 Å². The molecule has 1 spiro atoms. The Morgan fingerprint density at radius 1 is 0.743 bits per heavy atom. The zero-order chi connectivity index (χ0) is 25.6. The van der Waals surface area contributed by atoms with Gasteiger partial charge in [0.25, 0.3) is 0 Å². The molecule has 3 aromatic rings. The van der Waals surface area contributed by atoms with E-state index in [1.807, 2.05) is 50.1 Å². The third kappa shape index (κ3) is 2.87. The lowest BCUT2D eigenvalue weighted by Crippen LogP contribution is -2.63. The van der Waals surface area contributed by atoms with E-state index in [-0.39, 0.29) is 0 Å². The maximum atomic E-state index is 15.5. The fourth-order valence-electron chi connectivity index (χ4n) is 5.33. The number of hydrogen-bond donors (Lipinski definition) is 0. The van der Waals surface area contributed by atoms with Gasteiger partial charge in [0, 0.05) is 50.7 Å². The normalized spacial score (nSPS) is 16.5. The third-order valence-corrected chi connectivity index (χ3v) is 10.7. The van der Waals surface area contributed by atoms with Gasteiger partial charge in [0.1, 0.15) is 13.6 Å². The lowest BCUT2D eigenvalue weighted by Gasteiger charge is -2.44. The van der Waals surface area contributed by atoms with Crippen molar-refractivity contribution in [2.75, 3.05) is 38.0 Å². The lowest BCUT2D eigenvalue weighted by atomic mass is 9.78. The number of rotatable bonds is 2. The Hall–Kier alpha value is -3.33. The standard InChI is InChI=1S/C26H24F4N2O2Si/c1-31(2)13-7-9-15-17(11-13)35(5,6)18-12-14(32(3)4)8-10-16(18)26(15)20-19(25(33)34-26)21(27)23(29)24(30)22(20)28/h7-12H,1-6H3. The van der Waals surface area contributed by atoms with Crippen molar-refractivity contribution < 1.29 is 27.1 Å². The summed E-state index contributed by atoms with van der Waals surface area (Å²) in [6, 6.07) is 10.9. The van der Waals surface area contributed by atoms with Crippen molar-refractivity contribution in [1.82, 2.24) is 0 Å². The summed E-state index contributed by atoms with van der Waals surface area (Å²) >= 11 is 0. The first-order chi connectivity index (χ1) is 16.3. The van der Waals surface area contributed by atoms with E-state index in [0.717, 1.165) is 21.7 Å². The number of carbonyl (C=O) groups is 1. The van der Waals surface area contributed by atoms with Crippen molar-refractivity contribution in [3.05, 3.63) is 81.9 Å². The molecule has 9 heteroatoms. The van der Waals surface area contributed by atoms with Gasteiger partial charge in [-0.25, -0.2) is 22.4 Å². The lowest BCUT2D eigenvalue weighted by molar-refractivity contribution is 0.0246. The van der Waals surface area contributed by atoms with Crippen molar-refractivity contribution >= 4 is 35.8 Å². The van der Waals surface area contributed by atoms with Crippen molar-refractivity contribution in [2.45, 2.75) is 18.7 Å². The fourth-order valence-corrected chi connectivity index (χ4v) is 8.51. The number of hydrogen-bond acceptors (Lipinski definition) is 4. The smallest absolute Gasteiger partial charge is 0.343 e. The molecule has 2 aliphatic heterocycles. The summed E-state index contributed by atoms with van der Waals surface area (Å²) < 4.78 is 65.0. The monoisotopic (exact) mass is 500 g/mol. The molecule has 0 radical (unpaired) electrons. The summed E-state index contributed by atoms with van der Waals surface area (Å²) in [5, 5.41) is 1.66. The molecule has 0 bridgehead atoms. The average Bonchev–Trinajstić information content (AvgIpc) is 3.13. The second-order valence-corrected chi connectivity index (χ2v) is 14.3. The third-order valence-electron chi connectivity index (χ3n) is 7.21. The van der Waals surface area contributed by atoms with E-state index < -0.39 is 54.0 Å². The highest BCUT2D eigenvalue weighted by atomic mass is 28.3. The molecule has 0 saturated carbocycles. The minimum atomic E-state index is -2.51. The zero-order valence-corrected chi connectivity index (χ0v) is 21.2. The minimum Gasteiger partial charge on any atom is -0.440 e. The molecule has 0 aromatic heterocycles. The zero-order valence-electron chi connectivity index (χ0n) is 20.2. The molecule has 0 N–H and O–H groups in total. The molecule has 0 fully saturated rings. The van der Waals surface area contributed by atoms with Gasteiger partial charge in [-0.3, -0.25) is 0 Å². The number of anilines is 2. The number of ether oxygens (including phenoxy) is 1. The Bertz CT molecular complexity index is 1370. The maximum Gasteiger partial charge on any atom is 0.343 e. The molecule has 35 heavy (non-hydrogen) atoms. The Kier molecular flexibility index (Phi) is 4.91. The van der Waals surface area contributed by atoms with E-state index in [9.17, 15) is 18.0 Å². The van der Waals surface area contributed by atoms with Gasteiger partial charge in [-0.15, -0.1) is 0 Å². The molecule has 5 rings (SSSR count). The van der Waals surface area contributed by atoms with Gasteiger partial charge in [-0.05, 0) is 34.6 Å². The summed E-state index contributed by atoms with van der Waals surface area (Å²) in [4.78, 5) is 16.8. The number of nitrogens with zero attached hydrogens (tertiary/aromatic N) is 2. The van der Waals surface area contributed by atoms with Crippen molar-refractivity contribution in [1.29, 1.82) is 0 Å². The Labute approximate surface area is 201 Å². The van der Waals surface area contributed by atoms with Crippen LogP contribution < -0.4 is 20.2 Å². The second-order valence-electron chi connectivity index (χ2n) is 9.95. The molecule has 0 unspecified atom stereocenters. The Balaban J connectivity index is 1.99. The van der Waals surface area contributed by atoms with E-state index in [1.54, 1.807) is 24.3 Å². The maximum absolute atomic E-state index is 15.5. The first-order valence-electron chi connectivity index (χ1n) is 11.1. The molecule has 0 amide bonds. The molecule has 3 aromatic carbocycles. The van der Waals surface area contributed by atoms with Crippen LogP contribution in [0, 0.1) is 23.3 Å². The molecule has 0 aliphatic carbocycles. The van der Waals surface area contributed by atoms with Crippen LogP contribution in [0.15, 0.2) is 36.4 Å². The van der Waals surface area contributed by atoms with Crippen LogP contribution in [0.1, 0.15) is 27.0 Å². The van der Waals surface area contributed by atoms with Crippen molar-refractivity contribution in [3.63, 3.8) is 0 Å². The van der Waals surface area contributed by atoms with Crippen LogP contribution in [0.5, 0.6) is 0 Å². The topological polar surface area (TPSA) is 32.8 Å². The molecule has 0 atom stereocenters. The molecular formula is C26H24F4N2O2Si. The second kappa shape index (κ2) is 7.33. The largest absolute Gasteiger partial charge is 0.440 e. The number of esters is 1. The van der Waals surface area contributed by atoms with E-state index in [0.29, 0.717) is 11.1 Å². The van der Waals surface area contributed by atoms with Crippen LogP contribution in [-0.4, -0.2) is 42.2 Å². The summed E-state index contributed by atoms with van der Waals surface area (Å²) in [5.74, 6) is -8.62. The SMILES string of the molecule is CN(C)c1ccc2c(c1)[Si](C)(C)c1cc(N(C)C)ccc1C21OC(=O)c2c(F)c(F)c(F)c(F)c21. The molecule has 2 aliphatic rings.